The van der Waals surface area contributed by atoms with Gasteiger partial charge in [0.2, 0.25) is 0 Å². The lowest BCUT2D eigenvalue weighted by Crippen LogP contribution is -2.36. The van der Waals surface area contributed by atoms with E-state index in [0.717, 1.165) is 72.0 Å². The first kappa shape index (κ1) is 38.1. The van der Waals surface area contributed by atoms with Gasteiger partial charge in [0, 0.05) is 39.8 Å². The van der Waals surface area contributed by atoms with Gasteiger partial charge in [0.25, 0.3) is 11.1 Å². The molecule has 5 aromatic rings. The number of hydrogen-bond acceptors (Lipinski definition) is 2. The quantitative estimate of drug-likeness (QED) is 0.187. The highest BCUT2D eigenvalue weighted by atomic mass is 19.1. The summed E-state index contributed by atoms with van der Waals surface area (Å²) in [6.45, 7) is 13.7. The highest BCUT2D eigenvalue weighted by molar-refractivity contribution is 5.49. The van der Waals surface area contributed by atoms with Crippen LogP contribution >= 0.6 is 0 Å². The number of H-pyrrole nitrogens is 1. The van der Waals surface area contributed by atoms with Crippen LogP contribution in [0.5, 0.6) is 0 Å². The molecule has 2 aromatic heterocycles. The van der Waals surface area contributed by atoms with Crippen molar-refractivity contribution in [1.82, 2.24) is 19.1 Å². The predicted octanol–water partition coefficient (Wildman–Crippen LogP) is 10.0. The SMILES string of the molecule is C.C.CC1(C)[C@@H]2CC[C@@]1(C)c1[nH]n(-c3ccc(F)cc3F)c(=O)c12.CC1(C)[C@@H]2CC[C@@]1(C)c1c2c(=O)n(-c2ccc(F)cc2F)n1Cc1ccccc1. The lowest BCUT2D eigenvalue weighted by Gasteiger charge is -2.36. The zero-order valence-electron chi connectivity index (χ0n) is 29.7. The molecule has 0 unspecified atom stereocenters. The van der Waals surface area contributed by atoms with Gasteiger partial charge in [0.1, 0.15) is 23.0 Å². The molecule has 4 atom stereocenters. The zero-order chi connectivity index (χ0) is 36.4. The van der Waals surface area contributed by atoms with Crippen molar-refractivity contribution in [2.75, 3.05) is 0 Å². The molecule has 4 bridgehead atoms. The van der Waals surface area contributed by atoms with Crippen LogP contribution < -0.4 is 11.1 Å². The Hall–Kier alpha value is -4.60. The minimum absolute atomic E-state index is 0. The Morgan fingerprint density at radius 2 is 1.21 bits per heavy atom. The van der Waals surface area contributed by atoms with Crippen molar-refractivity contribution in [3.63, 3.8) is 0 Å². The number of aromatic amines is 1. The molecule has 2 heterocycles. The number of rotatable bonds is 4. The molecule has 4 aliphatic rings. The minimum atomic E-state index is -0.737. The summed E-state index contributed by atoms with van der Waals surface area (Å²) < 4.78 is 60.0. The molecular weight excluding hydrogens is 680 g/mol. The van der Waals surface area contributed by atoms with Crippen molar-refractivity contribution in [3.05, 3.63) is 139 Å². The Morgan fingerprint density at radius 3 is 1.77 bits per heavy atom. The summed E-state index contributed by atoms with van der Waals surface area (Å²) in [6.07, 6.45) is 3.97. The number of aromatic nitrogens is 4. The maximum Gasteiger partial charge on any atom is 0.275 e. The summed E-state index contributed by atoms with van der Waals surface area (Å²) in [6, 6.07) is 16.5. The summed E-state index contributed by atoms with van der Waals surface area (Å²) in [5.74, 6) is -2.42. The Bertz CT molecular complexity index is 2350. The molecule has 0 aliphatic heterocycles. The molecule has 3 aromatic carbocycles. The van der Waals surface area contributed by atoms with Crippen molar-refractivity contribution >= 4 is 0 Å². The molecule has 9 rings (SSSR count). The Morgan fingerprint density at radius 1 is 0.679 bits per heavy atom. The van der Waals surface area contributed by atoms with Gasteiger partial charge in [-0.05, 0) is 78.2 Å². The molecule has 0 radical (unpaired) electrons. The van der Waals surface area contributed by atoms with E-state index in [4.69, 9.17) is 0 Å². The monoisotopic (exact) mass is 730 g/mol. The summed E-state index contributed by atoms with van der Waals surface area (Å²) in [5, 5.41) is 3.11. The van der Waals surface area contributed by atoms with Crippen LogP contribution in [-0.2, 0) is 17.4 Å². The van der Waals surface area contributed by atoms with Crippen molar-refractivity contribution in [1.29, 1.82) is 0 Å². The van der Waals surface area contributed by atoms with Crippen LogP contribution in [0.4, 0.5) is 17.6 Å². The smallest absolute Gasteiger partial charge is 0.275 e. The minimum Gasteiger partial charge on any atom is -0.294 e. The molecular formula is C43H50F4N4O2. The Labute approximate surface area is 308 Å². The van der Waals surface area contributed by atoms with E-state index < -0.39 is 23.3 Å². The second-order valence-corrected chi connectivity index (χ2v) is 16.4. The lowest BCUT2D eigenvalue weighted by atomic mass is 9.70. The van der Waals surface area contributed by atoms with E-state index in [0.29, 0.717) is 6.54 Å². The van der Waals surface area contributed by atoms with E-state index in [-0.39, 0.29) is 70.8 Å². The molecule has 0 spiro atoms. The van der Waals surface area contributed by atoms with Crippen LogP contribution in [0.1, 0.15) is 122 Å². The summed E-state index contributed by atoms with van der Waals surface area (Å²) in [4.78, 5) is 26.4. The van der Waals surface area contributed by atoms with Gasteiger partial charge in [0.15, 0.2) is 11.6 Å². The maximum atomic E-state index is 14.7. The van der Waals surface area contributed by atoms with Gasteiger partial charge in [-0.2, -0.15) is 0 Å². The molecule has 6 nitrogen and oxygen atoms in total. The van der Waals surface area contributed by atoms with Gasteiger partial charge in [-0.15, -0.1) is 0 Å². The van der Waals surface area contributed by atoms with E-state index in [1.54, 1.807) is 0 Å². The molecule has 282 valence electrons. The molecule has 1 N–H and O–H groups in total. The van der Waals surface area contributed by atoms with Gasteiger partial charge in [-0.1, -0.05) is 86.7 Å². The number of fused-ring (bicyclic) bond motifs is 10. The third-order valence-corrected chi connectivity index (χ3v) is 13.8. The average molecular weight is 731 g/mol. The number of nitrogens with zero attached hydrogens (tertiary/aromatic N) is 3. The Kier molecular flexibility index (Phi) is 8.99. The second-order valence-electron chi connectivity index (χ2n) is 16.4. The normalized spacial score (nSPS) is 24.9. The fourth-order valence-corrected chi connectivity index (χ4v) is 10.2. The number of nitrogens with one attached hydrogen (secondary N) is 1. The van der Waals surface area contributed by atoms with Crippen LogP contribution in [0.25, 0.3) is 11.4 Å². The highest BCUT2D eigenvalue weighted by Gasteiger charge is 2.63. The third-order valence-electron chi connectivity index (χ3n) is 13.8. The largest absolute Gasteiger partial charge is 0.294 e. The van der Waals surface area contributed by atoms with Crippen molar-refractivity contribution < 1.29 is 17.6 Å². The highest BCUT2D eigenvalue weighted by Crippen LogP contribution is 2.68. The predicted molar refractivity (Wildman–Crippen MR) is 201 cm³/mol. The average Bonchev–Trinajstić information content (AvgIpc) is 3.79. The molecule has 0 amide bonds. The number of halogens is 4. The maximum absolute atomic E-state index is 14.7. The molecule has 53 heavy (non-hydrogen) atoms. The molecule has 2 saturated carbocycles. The van der Waals surface area contributed by atoms with Crippen LogP contribution in [0.15, 0.2) is 76.3 Å². The van der Waals surface area contributed by atoms with E-state index in [1.165, 1.54) is 27.6 Å². The first-order valence-electron chi connectivity index (χ1n) is 17.7. The third kappa shape index (κ3) is 5.03. The fraction of sp³-hybridized carbons (Fsp3) is 0.442. The first-order chi connectivity index (χ1) is 24.0. The van der Waals surface area contributed by atoms with Gasteiger partial charge >= 0.3 is 0 Å². The van der Waals surface area contributed by atoms with Crippen LogP contribution in [-0.4, -0.2) is 19.1 Å². The summed E-state index contributed by atoms with van der Waals surface area (Å²) in [5.41, 5.74) is 4.06. The van der Waals surface area contributed by atoms with Gasteiger partial charge < -0.3 is 0 Å². The standard InChI is InChI=1S/C24H24F2N2O.C17H18F2N2O.2CH4/c1-23(2)17-11-12-24(23,3)21-20(17)22(29)28(19-10-9-16(25)13-18(19)26)27(21)14-15-7-5-4-6-8-15;1-16(2)10-6-7-17(16,3)14-13(10)15(22)21(20-14)12-5-4-9(18)8-11(12)19;;/h4-10,13,17H,11-12,14H2,1-3H3;4-5,8,10,20H,6-7H2,1-3H3;2*1H4/t17-,24+;10-,17+;;/m11../s1. The van der Waals surface area contributed by atoms with Crippen molar-refractivity contribution in [3.8, 4) is 11.4 Å². The van der Waals surface area contributed by atoms with Gasteiger partial charge in [-0.25, -0.2) is 26.9 Å². The topological polar surface area (TPSA) is 64.7 Å². The van der Waals surface area contributed by atoms with E-state index in [2.05, 4.69) is 46.6 Å². The molecule has 4 aliphatic carbocycles. The molecule has 10 heteroatoms. The van der Waals surface area contributed by atoms with Gasteiger partial charge in [-0.3, -0.25) is 19.4 Å². The van der Waals surface area contributed by atoms with E-state index in [1.807, 2.05) is 35.0 Å². The first-order valence-corrected chi connectivity index (χ1v) is 17.7. The van der Waals surface area contributed by atoms with Crippen molar-refractivity contribution in [2.45, 2.75) is 111 Å². The summed E-state index contributed by atoms with van der Waals surface area (Å²) >= 11 is 0. The number of benzene rings is 3. The second kappa shape index (κ2) is 12.5. The van der Waals surface area contributed by atoms with Gasteiger partial charge in [0.05, 0.1) is 12.2 Å². The van der Waals surface area contributed by atoms with Crippen LogP contribution in [0.3, 0.4) is 0 Å². The van der Waals surface area contributed by atoms with Crippen molar-refractivity contribution in [2.24, 2.45) is 10.8 Å². The Balaban J connectivity index is 0.000000181. The van der Waals surface area contributed by atoms with Crippen LogP contribution in [0.2, 0.25) is 0 Å². The van der Waals surface area contributed by atoms with Crippen LogP contribution in [0, 0.1) is 34.1 Å². The molecule has 0 saturated heterocycles. The van der Waals surface area contributed by atoms with E-state index in [9.17, 15) is 27.2 Å². The summed E-state index contributed by atoms with van der Waals surface area (Å²) in [7, 11) is 0. The zero-order valence-corrected chi connectivity index (χ0v) is 29.7. The molecule has 2 fully saturated rings. The van der Waals surface area contributed by atoms with E-state index >= 15 is 0 Å². The number of hydrogen-bond donors (Lipinski definition) is 1. The lowest BCUT2D eigenvalue weighted by molar-refractivity contribution is 0.216. The fourth-order valence-electron chi connectivity index (χ4n) is 10.2.